The van der Waals surface area contributed by atoms with Gasteiger partial charge in [0.05, 0.1) is 22.2 Å². The number of anilines is 1. The molecule has 0 spiro atoms. The lowest BCUT2D eigenvalue weighted by Gasteiger charge is -2.14. The van der Waals surface area contributed by atoms with Crippen LogP contribution in [0.1, 0.15) is 11.1 Å². The lowest BCUT2D eigenvalue weighted by atomic mass is 10.1. The number of carbonyl (C=O) groups excluding carboxylic acids is 2. The predicted molar refractivity (Wildman–Crippen MR) is 140 cm³/mol. The van der Waals surface area contributed by atoms with Crippen LogP contribution >= 0.6 is 34.8 Å². The summed E-state index contributed by atoms with van der Waals surface area (Å²) in [7, 11) is 1.40. The minimum absolute atomic E-state index is 0.112. The fourth-order valence-electron chi connectivity index (χ4n) is 3.06. The summed E-state index contributed by atoms with van der Waals surface area (Å²) in [5, 5.41) is 15.6. The molecule has 0 aliphatic heterocycles. The molecule has 0 aliphatic carbocycles. The summed E-state index contributed by atoms with van der Waals surface area (Å²) in [6, 6.07) is 18.9. The third-order valence-electron chi connectivity index (χ3n) is 4.77. The zero-order valence-electron chi connectivity index (χ0n) is 19.0. The van der Waals surface area contributed by atoms with Crippen LogP contribution in [0.5, 0.6) is 11.5 Å². The minimum Gasteiger partial charge on any atom is -0.493 e. The first kappa shape index (κ1) is 26.9. The van der Waals surface area contributed by atoms with Gasteiger partial charge >= 0.3 is 0 Å². The number of nitrogens with zero attached hydrogens (tertiary/aromatic N) is 1. The highest BCUT2D eigenvalue weighted by atomic mass is 35.5. The molecule has 0 heterocycles. The number of rotatable bonds is 9. The molecule has 0 bridgehead atoms. The summed E-state index contributed by atoms with van der Waals surface area (Å²) in [5.41, 5.74) is 1.68. The Balaban J connectivity index is 1.69. The monoisotopic (exact) mass is 543 g/mol. The SMILES string of the molecule is COc1cc(/C=C(\C#N)C(=O)NCc2ccccc2)cc(Cl)c1OCC(=O)Nc1ccc(Cl)c(Cl)c1. The molecule has 0 saturated heterocycles. The molecule has 10 heteroatoms. The topological polar surface area (TPSA) is 100 Å². The molecular formula is C26H20Cl3N3O4. The van der Waals surface area contributed by atoms with Gasteiger partial charge in [0.1, 0.15) is 11.6 Å². The van der Waals surface area contributed by atoms with Crippen LogP contribution in [0.3, 0.4) is 0 Å². The van der Waals surface area contributed by atoms with E-state index in [1.807, 2.05) is 36.4 Å². The van der Waals surface area contributed by atoms with Crippen LogP contribution < -0.4 is 20.1 Å². The van der Waals surface area contributed by atoms with Crippen LogP contribution in [0.15, 0.2) is 66.2 Å². The maximum atomic E-state index is 12.5. The van der Waals surface area contributed by atoms with Gasteiger partial charge in [-0.1, -0.05) is 65.1 Å². The standard InChI is InChI=1S/C26H20Cl3N3O4/c1-35-23-11-17(9-18(13-30)26(34)31-14-16-5-3-2-4-6-16)10-22(29)25(23)36-15-24(33)32-19-7-8-20(27)21(28)12-19/h2-12H,14-15H2,1H3,(H,31,34)(H,32,33)/b18-9+. The van der Waals surface area contributed by atoms with Gasteiger partial charge in [0.25, 0.3) is 11.8 Å². The second-order valence-electron chi connectivity index (χ2n) is 7.34. The number of hydrogen-bond donors (Lipinski definition) is 2. The van der Waals surface area contributed by atoms with Crippen molar-refractivity contribution in [3.8, 4) is 17.6 Å². The van der Waals surface area contributed by atoms with Crippen molar-refractivity contribution >= 4 is 58.4 Å². The number of benzene rings is 3. The number of amides is 2. The Kier molecular flexibility index (Phi) is 9.60. The normalized spacial score (nSPS) is 10.8. The summed E-state index contributed by atoms with van der Waals surface area (Å²) in [5.74, 6) is -0.640. The Morgan fingerprint density at radius 1 is 1.00 bits per heavy atom. The second kappa shape index (κ2) is 12.8. The van der Waals surface area contributed by atoms with Gasteiger partial charge in [-0.25, -0.2) is 0 Å². The van der Waals surface area contributed by atoms with Gasteiger partial charge in [0.2, 0.25) is 0 Å². The van der Waals surface area contributed by atoms with Crippen LogP contribution in [0.4, 0.5) is 5.69 Å². The first-order valence-corrected chi connectivity index (χ1v) is 11.6. The molecule has 36 heavy (non-hydrogen) atoms. The average molecular weight is 545 g/mol. The van der Waals surface area contributed by atoms with Gasteiger partial charge in [-0.3, -0.25) is 9.59 Å². The molecule has 0 aromatic heterocycles. The van der Waals surface area contributed by atoms with Crippen molar-refractivity contribution in [2.45, 2.75) is 6.54 Å². The van der Waals surface area contributed by atoms with Gasteiger partial charge in [-0.2, -0.15) is 5.26 Å². The molecular weight excluding hydrogens is 525 g/mol. The van der Waals surface area contributed by atoms with Crippen molar-refractivity contribution in [1.29, 1.82) is 5.26 Å². The Morgan fingerprint density at radius 2 is 1.75 bits per heavy atom. The lowest BCUT2D eigenvalue weighted by molar-refractivity contribution is -0.118. The van der Waals surface area contributed by atoms with E-state index >= 15 is 0 Å². The Morgan fingerprint density at radius 3 is 2.42 bits per heavy atom. The Hall–Kier alpha value is -3.70. The molecule has 0 unspecified atom stereocenters. The van der Waals surface area contributed by atoms with Gasteiger partial charge in [-0.15, -0.1) is 0 Å². The molecule has 2 amide bonds. The molecule has 3 aromatic carbocycles. The number of methoxy groups -OCH3 is 1. The molecule has 3 rings (SSSR count). The molecule has 0 atom stereocenters. The van der Waals surface area contributed by atoms with E-state index in [-0.39, 0.29) is 35.2 Å². The number of carbonyl (C=O) groups is 2. The highest BCUT2D eigenvalue weighted by Crippen LogP contribution is 2.37. The van der Waals surface area contributed by atoms with Crippen LogP contribution in [0, 0.1) is 11.3 Å². The largest absolute Gasteiger partial charge is 0.493 e. The van der Waals surface area contributed by atoms with Crippen LogP contribution in [-0.2, 0) is 16.1 Å². The van der Waals surface area contributed by atoms with E-state index in [2.05, 4.69) is 10.6 Å². The highest BCUT2D eigenvalue weighted by Gasteiger charge is 2.16. The molecule has 0 aliphatic rings. The first-order chi connectivity index (χ1) is 17.3. The van der Waals surface area contributed by atoms with E-state index in [9.17, 15) is 14.9 Å². The van der Waals surface area contributed by atoms with Crippen molar-refractivity contribution in [1.82, 2.24) is 5.32 Å². The molecule has 2 N–H and O–H groups in total. The Bertz CT molecular complexity index is 1340. The highest BCUT2D eigenvalue weighted by molar-refractivity contribution is 6.42. The van der Waals surface area contributed by atoms with E-state index in [0.29, 0.717) is 21.3 Å². The summed E-state index contributed by atoms with van der Waals surface area (Å²) < 4.78 is 10.9. The van der Waals surface area contributed by atoms with Gasteiger partial charge in [0.15, 0.2) is 18.1 Å². The van der Waals surface area contributed by atoms with E-state index in [0.717, 1.165) is 5.56 Å². The average Bonchev–Trinajstić information content (AvgIpc) is 2.87. The fraction of sp³-hybridized carbons (Fsp3) is 0.115. The maximum Gasteiger partial charge on any atom is 0.262 e. The number of ether oxygens (including phenoxy) is 2. The van der Waals surface area contributed by atoms with E-state index in [1.54, 1.807) is 18.2 Å². The van der Waals surface area contributed by atoms with E-state index < -0.39 is 11.8 Å². The second-order valence-corrected chi connectivity index (χ2v) is 8.56. The van der Waals surface area contributed by atoms with Crippen molar-refractivity contribution in [2.75, 3.05) is 19.0 Å². The number of nitriles is 1. The number of hydrogen-bond acceptors (Lipinski definition) is 5. The van der Waals surface area contributed by atoms with Gasteiger partial charge < -0.3 is 20.1 Å². The summed E-state index contributed by atoms with van der Waals surface area (Å²) in [6.45, 7) is -0.0866. The molecule has 3 aromatic rings. The van der Waals surface area contributed by atoms with E-state index in [4.69, 9.17) is 44.3 Å². The summed E-state index contributed by atoms with van der Waals surface area (Å²) in [4.78, 5) is 24.8. The van der Waals surface area contributed by atoms with Crippen molar-refractivity contribution in [3.63, 3.8) is 0 Å². The molecule has 0 saturated carbocycles. The van der Waals surface area contributed by atoms with Crippen molar-refractivity contribution < 1.29 is 19.1 Å². The molecule has 0 fully saturated rings. The van der Waals surface area contributed by atoms with Crippen LogP contribution in [-0.4, -0.2) is 25.5 Å². The Labute approximate surface area is 223 Å². The summed E-state index contributed by atoms with van der Waals surface area (Å²) in [6.07, 6.45) is 1.38. The minimum atomic E-state index is -0.532. The molecule has 0 radical (unpaired) electrons. The number of halogens is 3. The number of nitrogens with one attached hydrogen (secondary N) is 2. The van der Waals surface area contributed by atoms with Gasteiger partial charge in [-0.05, 0) is 47.5 Å². The summed E-state index contributed by atoms with van der Waals surface area (Å²) >= 11 is 18.2. The van der Waals surface area contributed by atoms with Crippen molar-refractivity contribution in [3.05, 3.63) is 92.4 Å². The van der Waals surface area contributed by atoms with Crippen molar-refractivity contribution in [2.24, 2.45) is 0 Å². The predicted octanol–water partition coefficient (Wildman–Crippen LogP) is 5.90. The fourth-order valence-corrected chi connectivity index (χ4v) is 3.63. The lowest BCUT2D eigenvalue weighted by Crippen LogP contribution is -2.23. The van der Waals surface area contributed by atoms with Crippen LogP contribution in [0.25, 0.3) is 6.08 Å². The van der Waals surface area contributed by atoms with E-state index in [1.165, 1.54) is 25.3 Å². The quantitative estimate of drug-likeness (QED) is 0.258. The zero-order chi connectivity index (χ0) is 26.1. The van der Waals surface area contributed by atoms with Crippen LogP contribution in [0.2, 0.25) is 15.1 Å². The zero-order valence-corrected chi connectivity index (χ0v) is 21.2. The van der Waals surface area contributed by atoms with Gasteiger partial charge in [0, 0.05) is 12.2 Å². The maximum absolute atomic E-state index is 12.5. The third-order valence-corrected chi connectivity index (χ3v) is 5.79. The molecule has 7 nitrogen and oxygen atoms in total. The third kappa shape index (κ3) is 7.40. The molecule has 184 valence electrons. The smallest absolute Gasteiger partial charge is 0.262 e. The first-order valence-electron chi connectivity index (χ1n) is 10.5.